The Morgan fingerprint density at radius 1 is 1.04 bits per heavy atom. The molecule has 4 aromatic rings. The van der Waals surface area contributed by atoms with E-state index in [2.05, 4.69) is 14.8 Å². The molecule has 0 radical (unpaired) electrons. The van der Waals surface area contributed by atoms with Crippen LogP contribution in [0.25, 0.3) is 10.9 Å². The topological polar surface area (TPSA) is 76.9 Å². The predicted molar refractivity (Wildman–Crippen MR) is 100 cm³/mol. The van der Waals surface area contributed by atoms with E-state index in [9.17, 15) is 12.8 Å². The zero-order valence-electron chi connectivity index (χ0n) is 14.1. The van der Waals surface area contributed by atoms with E-state index in [1.807, 2.05) is 30.3 Å². The number of pyridine rings is 1. The minimum Gasteiger partial charge on any atom is -0.276 e. The van der Waals surface area contributed by atoms with Crippen LogP contribution in [-0.4, -0.2) is 23.2 Å². The second-order valence-corrected chi connectivity index (χ2v) is 7.61. The molecule has 0 bridgehead atoms. The Kier molecular flexibility index (Phi) is 4.33. The van der Waals surface area contributed by atoms with Crippen molar-refractivity contribution in [1.82, 2.24) is 14.8 Å². The molecule has 2 aromatic carbocycles. The number of halogens is 1. The van der Waals surface area contributed by atoms with E-state index in [0.29, 0.717) is 12.2 Å². The highest BCUT2D eigenvalue weighted by Crippen LogP contribution is 2.25. The maximum Gasteiger partial charge on any atom is 0.262 e. The van der Waals surface area contributed by atoms with Gasteiger partial charge in [-0.3, -0.25) is 14.4 Å². The van der Waals surface area contributed by atoms with Crippen molar-refractivity contribution in [2.24, 2.45) is 0 Å². The molecular formula is C19H15FN4O2S. The maximum atomic E-state index is 13.9. The molecular weight excluding hydrogens is 367 g/mol. The highest BCUT2D eigenvalue weighted by molar-refractivity contribution is 7.93. The van der Waals surface area contributed by atoms with Gasteiger partial charge in [-0.15, -0.1) is 0 Å². The van der Waals surface area contributed by atoms with Crippen LogP contribution in [0.4, 0.5) is 10.1 Å². The van der Waals surface area contributed by atoms with Gasteiger partial charge in [-0.2, -0.15) is 5.10 Å². The molecule has 0 spiro atoms. The van der Waals surface area contributed by atoms with Gasteiger partial charge in [0.15, 0.2) is 0 Å². The Labute approximate surface area is 155 Å². The molecule has 8 heteroatoms. The van der Waals surface area contributed by atoms with Gasteiger partial charge in [0.1, 0.15) is 11.3 Å². The lowest BCUT2D eigenvalue weighted by molar-refractivity contribution is 0.601. The lowest BCUT2D eigenvalue weighted by atomic mass is 10.2. The predicted octanol–water partition coefficient (Wildman–Crippen LogP) is 3.42. The molecule has 0 saturated heterocycles. The smallest absolute Gasteiger partial charge is 0.262 e. The summed E-state index contributed by atoms with van der Waals surface area (Å²) in [6.07, 6.45) is 4.46. The fraction of sp³-hybridized carbons (Fsp3) is 0.0526. The van der Waals surface area contributed by atoms with Crippen molar-refractivity contribution in [1.29, 1.82) is 0 Å². The van der Waals surface area contributed by atoms with Crippen molar-refractivity contribution in [3.63, 3.8) is 0 Å². The fourth-order valence-electron chi connectivity index (χ4n) is 2.83. The molecule has 0 aliphatic heterocycles. The van der Waals surface area contributed by atoms with Gasteiger partial charge < -0.3 is 0 Å². The van der Waals surface area contributed by atoms with E-state index in [-0.39, 0.29) is 15.8 Å². The van der Waals surface area contributed by atoms with Gasteiger partial charge in [0.2, 0.25) is 0 Å². The zero-order valence-corrected chi connectivity index (χ0v) is 14.9. The minimum atomic E-state index is -3.93. The molecule has 1 N–H and O–H groups in total. The zero-order chi connectivity index (χ0) is 18.9. The monoisotopic (exact) mass is 382 g/mol. The number of fused-ring (bicyclic) bond motifs is 1. The number of hydrogen-bond donors (Lipinski definition) is 1. The van der Waals surface area contributed by atoms with Gasteiger partial charge in [0, 0.05) is 17.8 Å². The van der Waals surface area contributed by atoms with E-state index >= 15 is 0 Å². The summed E-state index contributed by atoms with van der Waals surface area (Å²) < 4.78 is 43.6. The molecule has 0 fully saturated rings. The lowest BCUT2D eigenvalue weighted by Gasteiger charge is -2.09. The Morgan fingerprint density at radius 3 is 2.67 bits per heavy atom. The van der Waals surface area contributed by atoms with Crippen LogP contribution in [0.5, 0.6) is 0 Å². The molecule has 0 amide bonds. The molecule has 0 saturated carbocycles. The normalized spacial score (nSPS) is 11.6. The second-order valence-electron chi connectivity index (χ2n) is 5.96. The SMILES string of the molecule is O=S(=O)(Nc1cnn(Cc2ccccc2)c1)c1ccc(F)c2ncccc12. The third-order valence-electron chi connectivity index (χ3n) is 4.04. The van der Waals surface area contributed by atoms with E-state index < -0.39 is 15.8 Å². The maximum absolute atomic E-state index is 13.9. The number of nitrogens with zero attached hydrogens (tertiary/aromatic N) is 3. The highest BCUT2D eigenvalue weighted by atomic mass is 32.2. The van der Waals surface area contributed by atoms with Crippen molar-refractivity contribution in [2.45, 2.75) is 11.4 Å². The van der Waals surface area contributed by atoms with Gasteiger partial charge in [-0.05, 0) is 29.8 Å². The summed E-state index contributed by atoms with van der Waals surface area (Å²) >= 11 is 0. The standard InChI is InChI=1S/C19H15FN4O2S/c20-17-8-9-18(16-7-4-10-21-19(16)17)27(25,26)23-15-11-22-24(13-15)12-14-5-2-1-3-6-14/h1-11,13,23H,12H2. The average Bonchev–Trinajstić information content (AvgIpc) is 3.09. The number of aromatic nitrogens is 3. The number of rotatable bonds is 5. The molecule has 0 aliphatic carbocycles. The largest absolute Gasteiger partial charge is 0.276 e. The van der Waals surface area contributed by atoms with Crippen LogP contribution >= 0.6 is 0 Å². The third-order valence-corrected chi connectivity index (χ3v) is 5.48. The minimum absolute atomic E-state index is 0.0140. The van der Waals surface area contributed by atoms with Gasteiger partial charge in [0.05, 0.1) is 23.3 Å². The summed E-state index contributed by atoms with van der Waals surface area (Å²) in [5.74, 6) is -0.569. The van der Waals surface area contributed by atoms with Gasteiger partial charge in [-0.25, -0.2) is 12.8 Å². The fourth-order valence-corrected chi connectivity index (χ4v) is 4.06. The summed E-state index contributed by atoms with van der Waals surface area (Å²) in [4.78, 5) is 3.89. The van der Waals surface area contributed by atoms with E-state index in [0.717, 1.165) is 11.6 Å². The first kappa shape index (κ1) is 17.2. The Bertz CT molecular complexity index is 1210. The van der Waals surface area contributed by atoms with E-state index in [4.69, 9.17) is 0 Å². The molecule has 2 aromatic heterocycles. The van der Waals surface area contributed by atoms with E-state index in [1.165, 1.54) is 24.5 Å². The Hall–Kier alpha value is -3.26. The molecule has 0 unspecified atom stereocenters. The molecule has 2 heterocycles. The number of anilines is 1. The molecule has 6 nitrogen and oxygen atoms in total. The Balaban J connectivity index is 1.62. The number of sulfonamides is 1. The van der Waals surface area contributed by atoms with E-state index in [1.54, 1.807) is 16.9 Å². The number of hydrogen-bond acceptors (Lipinski definition) is 4. The molecule has 0 aliphatic rings. The Morgan fingerprint density at radius 2 is 1.85 bits per heavy atom. The number of nitrogens with one attached hydrogen (secondary N) is 1. The average molecular weight is 382 g/mol. The van der Waals surface area contributed by atoms with Crippen molar-refractivity contribution in [3.05, 3.63) is 84.6 Å². The second kappa shape index (κ2) is 6.81. The van der Waals surface area contributed by atoms with Crippen LogP contribution in [0, 0.1) is 5.82 Å². The molecule has 27 heavy (non-hydrogen) atoms. The summed E-state index contributed by atoms with van der Waals surface area (Å²) in [6, 6.07) is 15.1. The quantitative estimate of drug-likeness (QED) is 0.574. The van der Waals surface area contributed by atoms with Crippen molar-refractivity contribution in [2.75, 3.05) is 4.72 Å². The first-order valence-corrected chi connectivity index (χ1v) is 9.64. The number of benzene rings is 2. The first-order valence-electron chi connectivity index (χ1n) is 8.15. The van der Waals surface area contributed by atoms with Gasteiger partial charge >= 0.3 is 0 Å². The van der Waals surface area contributed by atoms with Gasteiger partial charge in [-0.1, -0.05) is 30.3 Å². The van der Waals surface area contributed by atoms with Crippen LogP contribution < -0.4 is 4.72 Å². The molecule has 136 valence electrons. The summed E-state index contributed by atoms with van der Waals surface area (Å²) in [7, 11) is -3.93. The molecule has 0 atom stereocenters. The van der Waals surface area contributed by atoms with Crippen molar-refractivity contribution >= 4 is 26.6 Å². The third kappa shape index (κ3) is 3.52. The lowest BCUT2D eigenvalue weighted by Crippen LogP contribution is -2.13. The van der Waals surface area contributed by atoms with Crippen molar-refractivity contribution < 1.29 is 12.8 Å². The summed E-state index contributed by atoms with van der Waals surface area (Å²) in [6.45, 7) is 0.520. The first-order chi connectivity index (χ1) is 13.0. The summed E-state index contributed by atoms with van der Waals surface area (Å²) in [5, 5.41) is 4.41. The van der Waals surface area contributed by atoms with Crippen LogP contribution in [0.1, 0.15) is 5.56 Å². The van der Waals surface area contributed by atoms with Crippen LogP contribution in [0.3, 0.4) is 0 Å². The summed E-state index contributed by atoms with van der Waals surface area (Å²) in [5.41, 5.74) is 1.39. The van der Waals surface area contributed by atoms with Crippen LogP contribution in [-0.2, 0) is 16.6 Å². The van der Waals surface area contributed by atoms with Crippen LogP contribution in [0.2, 0.25) is 0 Å². The van der Waals surface area contributed by atoms with Crippen LogP contribution in [0.15, 0.2) is 78.1 Å². The highest BCUT2D eigenvalue weighted by Gasteiger charge is 2.20. The molecule has 4 rings (SSSR count). The van der Waals surface area contributed by atoms with Gasteiger partial charge in [0.25, 0.3) is 10.0 Å². The van der Waals surface area contributed by atoms with Crippen molar-refractivity contribution in [3.8, 4) is 0 Å².